The van der Waals surface area contributed by atoms with Gasteiger partial charge in [0.05, 0.1) is 6.54 Å². The second kappa shape index (κ2) is 6.39. The smallest absolute Gasteiger partial charge is 0.303 e. The van der Waals surface area contributed by atoms with Gasteiger partial charge < -0.3 is 9.67 Å². The number of aryl methyl sites for hydroxylation is 1. The minimum absolute atomic E-state index is 0.0452. The Labute approximate surface area is 121 Å². The van der Waals surface area contributed by atoms with Crippen molar-refractivity contribution in [2.45, 2.75) is 19.4 Å². The molecule has 0 radical (unpaired) electrons. The lowest BCUT2D eigenvalue weighted by molar-refractivity contribution is -0.136. The molecule has 2 rings (SSSR count). The van der Waals surface area contributed by atoms with Crippen molar-refractivity contribution in [1.29, 1.82) is 0 Å². The Kier molecular flexibility index (Phi) is 4.58. The first-order valence-corrected chi connectivity index (χ1v) is 6.58. The molecule has 1 heterocycles. The summed E-state index contributed by atoms with van der Waals surface area (Å²) in [5.41, 5.74) is 1.28. The van der Waals surface area contributed by atoms with Gasteiger partial charge in [0.15, 0.2) is 0 Å². The van der Waals surface area contributed by atoms with Gasteiger partial charge in [-0.05, 0) is 30.2 Å². The topological polar surface area (TPSA) is 59.3 Å². The summed E-state index contributed by atoms with van der Waals surface area (Å²) >= 11 is 5.91. The highest BCUT2D eigenvalue weighted by Gasteiger charge is 2.06. The maximum Gasteiger partial charge on any atom is 0.303 e. The molecule has 0 spiro atoms. The summed E-state index contributed by atoms with van der Waals surface area (Å²) in [6.45, 7) is 0.417. The molecule has 0 bridgehead atoms. The molecule has 5 heteroatoms. The van der Waals surface area contributed by atoms with Gasteiger partial charge >= 0.3 is 5.97 Å². The number of pyridine rings is 1. The van der Waals surface area contributed by atoms with Gasteiger partial charge in [-0.25, -0.2) is 0 Å². The van der Waals surface area contributed by atoms with Crippen LogP contribution in [-0.2, 0) is 17.8 Å². The van der Waals surface area contributed by atoms with E-state index >= 15 is 0 Å². The molecule has 2 aromatic rings. The van der Waals surface area contributed by atoms with Crippen LogP contribution in [0.5, 0.6) is 0 Å². The van der Waals surface area contributed by atoms with Crippen LogP contribution in [0.3, 0.4) is 0 Å². The highest BCUT2D eigenvalue weighted by atomic mass is 35.5. The molecule has 1 aromatic heterocycles. The summed E-state index contributed by atoms with van der Waals surface area (Å²) < 4.78 is 1.56. The van der Waals surface area contributed by atoms with Crippen molar-refractivity contribution in [2.24, 2.45) is 0 Å². The van der Waals surface area contributed by atoms with Crippen LogP contribution in [0.15, 0.2) is 47.4 Å². The summed E-state index contributed by atoms with van der Waals surface area (Å²) in [6, 6.07) is 10.7. The standard InChI is InChI=1S/C15H14ClNO3/c16-13-5-1-3-11(9-13)10-17-8-2-4-12(15(17)20)6-7-14(18)19/h1-5,8-9H,6-7,10H2,(H,18,19). The number of benzene rings is 1. The van der Waals surface area contributed by atoms with Crippen LogP contribution in [0.4, 0.5) is 0 Å². The van der Waals surface area contributed by atoms with Crippen molar-refractivity contribution < 1.29 is 9.90 Å². The zero-order valence-electron chi connectivity index (χ0n) is 10.8. The van der Waals surface area contributed by atoms with E-state index in [9.17, 15) is 9.59 Å². The summed E-state index contributed by atoms with van der Waals surface area (Å²) in [7, 11) is 0. The lowest BCUT2D eigenvalue weighted by Crippen LogP contribution is -2.23. The molecule has 0 amide bonds. The van der Waals surface area contributed by atoms with Gasteiger partial charge in [0.2, 0.25) is 0 Å². The monoisotopic (exact) mass is 291 g/mol. The minimum atomic E-state index is -0.908. The number of carboxylic acid groups (broad SMARTS) is 1. The predicted molar refractivity (Wildman–Crippen MR) is 77.2 cm³/mol. The minimum Gasteiger partial charge on any atom is -0.481 e. The van der Waals surface area contributed by atoms with Crippen LogP contribution in [0, 0.1) is 0 Å². The molecule has 0 saturated carbocycles. The van der Waals surface area contributed by atoms with Crippen LogP contribution in [0.2, 0.25) is 5.02 Å². The molecule has 104 valence electrons. The van der Waals surface area contributed by atoms with E-state index in [1.54, 1.807) is 35.0 Å². The first kappa shape index (κ1) is 14.3. The molecule has 1 N–H and O–H groups in total. The summed E-state index contributed by atoms with van der Waals surface area (Å²) in [5.74, 6) is -0.908. The summed E-state index contributed by atoms with van der Waals surface area (Å²) in [5, 5.41) is 9.30. The van der Waals surface area contributed by atoms with Gasteiger partial charge in [0.1, 0.15) is 0 Å². The Morgan fingerprint density at radius 2 is 2.05 bits per heavy atom. The number of halogens is 1. The van der Waals surface area contributed by atoms with E-state index in [0.717, 1.165) is 5.56 Å². The fourth-order valence-electron chi connectivity index (χ4n) is 1.97. The Morgan fingerprint density at radius 3 is 2.75 bits per heavy atom. The lowest BCUT2D eigenvalue weighted by atomic mass is 10.1. The van der Waals surface area contributed by atoms with Crippen LogP contribution >= 0.6 is 11.6 Å². The third-order valence-corrected chi connectivity index (χ3v) is 3.18. The maximum absolute atomic E-state index is 12.2. The third kappa shape index (κ3) is 3.71. The van der Waals surface area contributed by atoms with E-state index in [2.05, 4.69) is 0 Å². The van der Waals surface area contributed by atoms with Crippen LogP contribution in [-0.4, -0.2) is 15.6 Å². The zero-order chi connectivity index (χ0) is 14.5. The summed E-state index contributed by atoms with van der Waals surface area (Å²) in [6.07, 6.45) is 1.88. The first-order valence-electron chi connectivity index (χ1n) is 6.21. The number of nitrogens with zero attached hydrogens (tertiary/aromatic N) is 1. The second-order valence-corrected chi connectivity index (χ2v) is 4.93. The van der Waals surface area contributed by atoms with Gasteiger partial charge in [0.25, 0.3) is 5.56 Å². The molecule has 1 aromatic carbocycles. The zero-order valence-corrected chi connectivity index (χ0v) is 11.5. The van der Waals surface area contributed by atoms with E-state index < -0.39 is 5.97 Å². The quantitative estimate of drug-likeness (QED) is 0.921. The fourth-order valence-corrected chi connectivity index (χ4v) is 2.19. The number of carbonyl (C=O) groups is 1. The van der Waals surface area contributed by atoms with Gasteiger partial charge in [0, 0.05) is 23.2 Å². The van der Waals surface area contributed by atoms with Crippen LogP contribution in [0.25, 0.3) is 0 Å². The molecule has 0 saturated heterocycles. The van der Waals surface area contributed by atoms with E-state index in [4.69, 9.17) is 16.7 Å². The van der Waals surface area contributed by atoms with Crippen LogP contribution < -0.4 is 5.56 Å². The maximum atomic E-state index is 12.2. The molecule has 0 aliphatic heterocycles. The molecular formula is C15H14ClNO3. The average molecular weight is 292 g/mol. The third-order valence-electron chi connectivity index (χ3n) is 2.95. The number of carboxylic acids is 1. The van der Waals surface area contributed by atoms with Crippen molar-refractivity contribution in [3.63, 3.8) is 0 Å². The van der Waals surface area contributed by atoms with Crippen molar-refractivity contribution >= 4 is 17.6 Å². The Morgan fingerprint density at radius 1 is 1.25 bits per heavy atom. The van der Waals surface area contributed by atoms with Gasteiger partial charge in [-0.1, -0.05) is 29.8 Å². The number of aliphatic carboxylic acids is 1. The molecular weight excluding hydrogens is 278 g/mol. The average Bonchev–Trinajstić information content (AvgIpc) is 2.40. The predicted octanol–water partition coefficient (Wildman–Crippen LogP) is 2.57. The van der Waals surface area contributed by atoms with E-state index in [1.165, 1.54) is 0 Å². The Balaban J connectivity index is 2.22. The molecule has 0 atom stereocenters. The van der Waals surface area contributed by atoms with Crippen molar-refractivity contribution in [2.75, 3.05) is 0 Å². The lowest BCUT2D eigenvalue weighted by Gasteiger charge is -2.08. The number of hydrogen-bond acceptors (Lipinski definition) is 2. The normalized spacial score (nSPS) is 10.4. The van der Waals surface area contributed by atoms with Crippen LogP contribution in [0.1, 0.15) is 17.5 Å². The highest BCUT2D eigenvalue weighted by molar-refractivity contribution is 6.30. The largest absolute Gasteiger partial charge is 0.481 e. The Bertz CT molecular complexity index is 679. The summed E-state index contributed by atoms with van der Waals surface area (Å²) in [4.78, 5) is 22.8. The molecule has 20 heavy (non-hydrogen) atoms. The van der Waals surface area contributed by atoms with Crippen molar-refractivity contribution in [3.8, 4) is 0 Å². The van der Waals surface area contributed by atoms with Gasteiger partial charge in [-0.3, -0.25) is 9.59 Å². The van der Waals surface area contributed by atoms with Crippen molar-refractivity contribution in [1.82, 2.24) is 4.57 Å². The first-order chi connectivity index (χ1) is 9.56. The highest BCUT2D eigenvalue weighted by Crippen LogP contribution is 2.11. The number of aromatic nitrogens is 1. The molecule has 0 aliphatic rings. The van der Waals surface area contributed by atoms with E-state index in [-0.39, 0.29) is 18.4 Å². The Hall–Kier alpha value is -2.07. The SMILES string of the molecule is O=C(O)CCc1cccn(Cc2cccc(Cl)c2)c1=O. The second-order valence-electron chi connectivity index (χ2n) is 4.49. The fraction of sp³-hybridized carbons (Fsp3) is 0.200. The van der Waals surface area contributed by atoms with Gasteiger partial charge in [-0.2, -0.15) is 0 Å². The van der Waals surface area contributed by atoms with E-state index in [1.807, 2.05) is 12.1 Å². The van der Waals surface area contributed by atoms with Gasteiger partial charge in [-0.15, -0.1) is 0 Å². The number of rotatable bonds is 5. The van der Waals surface area contributed by atoms with Crippen molar-refractivity contribution in [3.05, 3.63) is 69.1 Å². The molecule has 4 nitrogen and oxygen atoms in total. The molecule has 0 unspecified atom stereocenters. The molecule has 0 fully saturated rings. The number of hydrogen-bond donors (Lipinski definition) is 1. The molecule has 0 aliphatic carbocycles. The van der Waals surface area contributed by atoms with E-state index in [0.29, 0.717) is 17.1 Å².